The van der Waals surface area contributed by atoms with Crippen LogP contribution in [0.25, 0.3) is 10.2 Å². The molecule has 3 heterocycles. The zero-order chi connectivity index (χ0) is 23.8. The summed E-state index contributed by atoms with van der Waals surface area (Å²) in [6.07, 6.45) is 10.5. The van der Waals surface area contributed by atoms with Gasteiger partial charge in [-0.15, -0.1) is 11.3 Å². The number of nitrogens with one attached hydrogen (secondary N) is 2. The number of nitrogens with two attached hydrogens (primary N) is 1. The molecule has 0 atom stereocenters. The summed E-state index contributed by atoms with van der Waals surface area (Å²) >= 11 is 1.75. The molecule has 1 amide bonds. The van der Waals surface area contributed by atoms with Crippen molar-refractivity contribution in [1.29, 1.82) is 5.41 Å². The first kappa shape index (κ1) is 24.4. The maximum atomic E-state index is 9.94. The number of aryl methyl sites for hydroxylation is 2. The molecule has 33 heavy (non-hydrogen) atoms. The third-order valence-corrected chi connectivity index (χ3v) is 6.65. The summed E-state index contributed by atoms with van der Waals surface area (Å²) < 4.78 is 5.33. The molecule has 0 saturated heterocycles. The van der Waals surface area contributed by atoms with Crippen molar-refractivity contribution in [1.82, 2.24) is 19.9 Å². The highest BCUT2D eigenvalue weighted by molar-refractivity contribution is 7.19. The molecule has 176 valence electrons. The number of amides is 1. The van der Waals surface area contributed by atoms with E-state index in [2.05, 4.69) is 27.2 Å². The number of thiophene rings is 1. The lowest BCUT2D eigenvalue weighted by atomic mass is 9.97. The minimum absolute atomic E-state index is 0.262. The Labute approximate surface area is 197 Å². The van der Waals surface area contributed by atoms with Gasteiger partial charge in [-0.25, -0.2) is 9.97 Å². The highest BCUT2D eigenvalue weighted by Crippen LogP contribution is 2.39. The Morgan fingerprint density at radius 2 is 2.12 bits per heavy atom. The minimum Gasteiger partial charge on any atom is -0.479 e. The van der Waals surface area contributed by atoms with Crippen molar-refractivity contribution in [3.8, 4) is 5.88 Å². The fourth-order valence-corrected chi connectivity index (χ4v) is 4.89. The molecule has 1 aliphatic rings. The molecule has 0 aliphatic heterocycles. The number of pyridine rings is 1. The van der Waals surface area contributed by atoms with Gasteiger partial charge in [0, 0.05) is 30.2 Å². The van der Waals surface area contributed by atoms with Gasteiger partial charge in [0.2, 0.25) is 12.3 Å². The Morgan fingerprint density at radius 3 is 2.82 bits per heavy atom. The van der Waals surface area contributed by atoms with E-state index in [1.807, 2.05) is 0 Å². The first-order valence-electron chi connectivity index (χ1n) is 11.0. The molecule has 0 bridgehead atoms. The molecule has 10 heteroatoms. The van der Waals surface area contributed by atoms with Crippen molar-refractivity contribution < 1.29 is 9.53 Å². The minimum atomic E-state index is 0.262. The number of carbonyl (C=O) groups excluding carboxylic acids is 1. The molecular formula is C23H31N7O2S. The summed E-state index contributed by atoms with van der Waals surface area (Å²) in [6.45, 7) is 3.00. The van der Waals surface area contributed by atoms with E-state index >= 15 is 0 Å². The van der Waals surface area contributed by atoms with Crippen molar-refractivity contribution >= 4 is 51.5 Å². The van der Waals surface area contributed by atoms with Gasteiger partial charge >= 0.3 is 0 Å². The van der Waals surface area contributed by atoms with E-state index < -0.39 is 0 Å². The average Bonchev–Trinajstić information content (AvgIpc) is 3.23. The van der Waals surface area contributed by atoms with Gasteiger partial charge in [-0.3, -0.25) is 4.79 Å². The third kappa shape index (κ3) is 5.75. The highest BCUT2D eigenvalue weighted by atomic mass is 32.1. The van der Waals surface area contributed by atoms with Gasteiger partial charge in [-0.2, -0.15) is 4.98 Å². The van der Waals surface area contributed by atoms with Crippen LogP contribution in [-0.4, -0.2) is 53.2 Å². The second-order valence-electron chi connectivity index (χ2n) is 7.84. The van der Waals surface area contributed by atoms with Crippen LogP contribution in [0.2, 0.25) is 0 Å². The summed E-state index contributed by atoms with van der Waals surface area (Å²) in [4.78, 5) is 27.1. The predicted molar refractivity (Wildman–Crippen MR) is 134 cm³/mol. The van der Waals surface area contributed by atoms with Crippen LogP contribution < -0.4 is 15.8 Å². The number of nitrogens with zero attached hydrogens (tertiary/aromatic N) is 4. The molecule has 4 rings (SSSR count). The van der Waals surface area contributed by atoms with Crippen molar-refractivity contribution in [2.75, 3.05) is 31.8 Å². The maximum Gasteiger partial charge on any atom is 0.239 e. The molecule has 0 saturated carbocycles. The van der Waals surface area contributed by atoms with E-state index in [9.17, 15) is 4.79 Å². The number of anilines is 3. The van der Waals surface area contributed by atoms with E-state index in [0.29, 0.717) is 17.1 Å². The van der Waals surface area contributed by atoms with Crippen LogP contribution in [0.15, 0.2) is 12.4 Å². The topological polar surface area (TPSA) is 130 Å². The quantitative estimate of drug-likeness (QED) is 0.333. The van der Waals surface area contributed by atoms with Gasteiger partial charge in [0.05, 0.1) is 12.5 Å². The van der Waals surface area contributed by atoms with Crippen LogP contribution >= 0.6 is 11.3 Å². The second-order valence-corrected chi connectivity index (χ2v) is 8.93. The Morgan fingerprint density at radius 1 is 1.33 bits per heavy atom. The Kier molecular flexibility index (Phi) is 8.53. The lowest BCUT2D eigenvalue weighted by molar-refractivity contribution is -0.117. The normalized spacial score (nSPS) is 12.3. The number of nitrogen functional groups attached to an aromatic ring is 1. The summed E-state index contributed by atoms with van der Waals surface area (Å²) in [5, 5.41) is 11.9. The number of methoxy groups -OCH3 is 1. The summed E-state index contributed by atoms with van der Waals surface area (Å²) in [6, 6.07) is 1.75. The number of hydrogen-bond acceptors (Lipinski definition) is 9. The van der Waals surface area contributed by atoms with Crippen molar-refractivity contribution in [2.45, 2.75) is 45.4 Å². The lowest BCUT2D eigenvalue weighted by Crippen LogP contribution is -2.16. The number of hydrogen-bond donors (Lipinski definition) is 3. The molecule has 3 aromatic heterocycles. The van der Waals surface area contributed by atoms with Gasteiger partial charge < -0.3 is 26.1 Å². The lowest BCUT2D eigenvalue weighted by Gasteiger charge is -2.14. The number of rotatable bonds is 8. The molecule has 9 nitrogen and oxygen atoms in total. The zero-order valence-corrected chi connectivity index (χ0v) is 20.2. The van der Waals surface area contributed by atoms with E-state index in [-0.39, 0.29) is 5.82 Å². The fourth-order valence-electron chi connectivity index (χ4n) is 3.66. The fraction of sp³-hybridized carbons (Fsp3) is 0.435. The summed E-state index contributed by atoms with van der Waals surface area (Å²) in [5.74, 6) is 1.38. The maximum absolute atomic E-state index is 9.94. The van der Waals surface area contributed by atoms with E-state index in [4.69, 9.17) is 15.9 Å². The number of carbonyl (C=O) groups is 1. The van der Waals surface area contributed by atoms with Gasteiger partial charge in [0.1, 0.15) is 28.5 Å². The Bertz CT molecular complexity index is 1120. The van der Waals surface area contributed by atoms with Crippen LogP contribution in [0.1, 0.15) is 48.6 Å². The van der Waals surface area contributed by atoms with Crippen molar-refractivity contribution in [2.24, 2.45) is 0 Å². The van der Waals surface area contributed by atoms with E-state index in [0.717, 1.165) is 54.7 Å². The number of fused-ring (bicyclic) bond motifs is 3. The smallest absolute Gasteiger partial charge is 0.239 e. The second kappa shape index (κ2) is 11.6. The molecule has 0 unspecified atom stereocenters. The molecule has 0 fully saturated rings. The number of aromatic nitrogens is 3. The molecule has 0 aromatic carbocycles. The van der Waals surface area contributed by atoms with E-state index in [1.54, 1.807) is 42.8 Å². The molecule has 0 radical (unpaired) electrons. The third-order valence-electron chi connectivity index (χ3n) is 5.45. The summed E-state index contributed by atoms with van der Waals surface area (Å²) in [7, 11) is 3.34. The highest BCUT2D eigenvalue weighted by Gasteiger charge is 2.21. The Hall–Kier alpha value is -3.27. The van der Waals surface area contributed by atoms with Crippen LogP contribution in [0, 0.1) is 5.41 Å². The Balaban J connectivity index is 0.000000331. The first-order valence-corrected chi connectivity index (χ1v) is 11.9. The SMILES string of the molecule is CCCCN(C)C=O.COc1nc(N)c(C=N)cc1Nc1ncnc2sc3c(c12)CCCC3. The van der Waals surface area contributed by atoms with Crippen LogP contribution in [0.4, 0.5) is 17.3 Å². The average molecular weight is 470 g/mol. The number of ether oxygens (including phenoxy) is 1. The molecular weight excluding hydrogens is 438 g/mol. The summed E-state index contributed by atoms with van der Waals surface area (Å²) in [5.41, 5.74) is 8.35. The molecule has 1 aliphatic carbocycles. The van der Waals surface area contributed by atoms with Crippen molar-refractivity contribution in [3.63, 3.8) is 0 Å². The first-order chi connectivity index (χ1) is 16.0. The monoisotopic (exact) mass is 469 g/mol. The van der Waals surface area contributed by atoms with Gasteiger partial charge in [0.25, 0.3) is 0 Å². The van der Waals surface area contributed by atoms with Crippen LogP contribution in [0.5, 0.6) is 5.88 Å². The number of unbranched alkanes of at least 4 members (excludes halogenated alkanes) is 1. The van der Waals surface area contributed by atoms with Crippen LogP contribution in [0.3, 0.4) is 0 Å². The predicted octanol–water partition coefficient (Wildman–Crippen LogP) is 4.17. The molecule has 4 N–H and O–H groups in total. The van der Waals surface area contributed by atoms with E-state index in [1.165, 1.54) is 29.5 Å². The largest absolute Gasteiger partial charge is 0.479 e. The van der Waals surface area contributed by atoms with Gasteiger partial charge in [-0.05, 0) is 43.7 Å². The van der Waals surface area contributed by atoms with Gasteiger partial charge in [-0.1, -0.05) is 13.3 Å². The van der Waals surface area contributed by atoms with Crippen LogP contribution in [-0.2, 0) is 17.6 Å². The van der Waals surface area contributed by atoms with Crippen molar-refractivity contribution in [3.05, 3.63) is 28.4 Å². The molecule has 0 spiro atoms. The zero-order valence-electron chi connectivity index (χ0n) is 19.4. The standard InChI is InChI=1S/C17H18N6OS.C6H13NO/c1-24-16-11(6-9(7-18)14(19)23-16)22-15-13-10-4-2-3-5-12(10)25-17(13)21-8-20-15;1-3-4-5-7(2)6-8/h6-8,18H,2-5H2,1H3,(H2,19,23)(H,20,21,22);6H,3-5H2,1-2H3. The van der Waals surface area contributed by atoms with Gasteiger partial charge in [0.15, 0.2) is 0 Å². The molecule has 3 aromatic rings.